The highest BCUT2D eigenvalue weighted by molar-refractivity contribution is 6.42. The Kier molecular flexibility index (Phi) is 7.17. The molecule has 0 aliphatic carbocycles. The Bertz CT molecular complexity index is 1520. The number of carbonyl (C=O) groups excluding carboxylic acids is 2. The first-order chi connectivity index (χ1) is 18.3. The zero-order valence-electron chi connectivity index (χ0n) is 20.3. The zero-order valence-corrected chi connectivity index (χ0v) is 21.8. The number of benzene rings is 3. The summed E-state index contributed by atoms with van der Waals surface area (Å²) in [5.74, 6) is 0.410. The number of hydrogen-bond donors (Lipinski definition) is 1. The van der Waals surface area contributed by atoms with Gasteiger partial charge in [-0.2, -0.15) is 0 Å². The number of amides is 1. The summed E-state index contributed by atoms with van der Waals surface area (Å²) in [6, 6.07) is 22.2. The molecular weight excluding hydrogens is 529 g/mol. The third-order valence-corrected chi connectivity index (χ3v) is 7.12. The molecule has 1 N–H and O–H groups in total. The third kappa shape index (κ3) is 4.76. The van der Waals surface area contributed by atoms with Crippen LogP contribution in [0.15, 0.2) is 83.3 Å². The van der Waals surface area contributed by atoms with Crippen LogP contribution >= 0.6 is 23.2 Å². The van der Waals surface area contributed by atoms with Crippen LogP contribution in [-0.4, -0.2) is 37.1 Å². The largest absolute Gasteiger partial charge is 0.493 e. The quantitative estimate of drug-likeness (QED) is 0.251. The fraction of sp³-hybridized carbons (Fsp3) is 0.172. The Morgan fingerprint density at radius 2 is 1.71 bits per heavy atom. The number of methoxy groups -OCH3 is 1. The first-order valence-electron chi connectivity index (χ1n) is 11.8. The predicted octanol–water partition coefficient (Wildman–Crippen LogP) is 6.15. The molecular formula is C29H23Cl2NO6. The SMILES string of the molecule is COc1ccccc1OCCN1C(=O)C(O)(CC(=O)c2ccc(-c3ccc(Cl)c(Cl)c3)o2)c2ccccc21. The first-order valence-corrected chi connectivity index (χ1v) is 12.6. The lowest BCUT2D eigenvalue weighted by Crippen LogP contribution is -2.43. The maximum Gasteiger partial charge on any atom is 0.264 e. The summed E-state index contributed by atoms with van der Waals surface area (Å²) >= 11 is 12.1. The van der Waals surface area contributed by atoms with Crippen molar-refractivity contribution in [3.8, 4) is 22.8 Å². The van der Waals surface area contributed by atoms with Crippen molar-refractivity contribution in [2.45, 2.75) is 12.0 Å². The molecule has 38 heavy (non-hydrogen) atoms. The molecule has 1 amide bonds. The molecule has 2 heterocycles. The van der Waals surface area contributed by atoms with Gasteiger partial charge in [-0.3, -0.25) is 9.59 Å². The van der Waals surface area contributed by atoms with Crippen molar-refractivity contribution in [1.82, 2.24) is 0 Å². The second-order valence-corrected chi connectivity index (χ2v) is 9.54. The van der Waals surface area contributed by atoms with E-state index in [1.165, 1.54) is 11.0 Å². The molecule has 1 aliphatic rings. The van der Waals surface area contributed by atoms with E-state index in [-0.39, 0.29) is 18.9 Å². The normalized spacial score (nSPS) is 16.4. The molecule has 1 aliphatic heterocycles. The van der Waals surface area contributed by atoms with Crippen LogP contribution in [0.25, 0.3) is 11.3 Å². The molecule has 1 unspecified atom stereocenters. The van der Waals surface area contributed by atoms with Gasteiger partial charge in [0.05, 0.1) is 35.8 Å². The minimum atomic E-state index is -2.05. The minimum absolute atomic E-state index is 0.0164. The lowest BCUT2D eigenvalue weighted by molar-refractivity contribution is -0.136. The van der Waals surface area contributed by atoms with Crippen LogP contribution in [0.5, 0.6) is 11.5 Å². The van der Waals surface area contributed by atoms with Gasteiger partial charge in [0, 0.05) is 11.1 Å². The molecule has 0 spiro atoms. The number of furan rings is 1. The highest BCUT2D eigenvalue weighted by atomic mass is 35.5. The predicted molar refractivity (Wildman–Crippen MR) is 144 cm³/mol. The monoisotopic (exact) mass is 551 g/mol. The number of rotatable bonds is 9. The van der Waals surface area contributed by atoms with Crippen LogP contribution in [0.1, 0.15) is 22.5 Å². The van der Waals surface area contributed by atoms with E-state index >= 15 is 0 Å². The molecule has 0 saturated carbocycles. The standard InChI is InChI=1S/C29H23Cl2NO6/c1-36-26-8-4-5-9-27(26)37-15-14-32-22-7-3-2-6-19(22)29(35,28(32)34)17-23(33)25-13-12-24(38-25)18-10-11-20(30)21(31)16-18/h2-13,16,35H,14-15,17H2,1H3. The summed E-state index contributed by atoms with van der Waals surface area (Å²) in [5, 5.41) is 12.3. The van der Waals surface area contributed by atoms with E-state index in [1.54, 1.807) is 67.8 Å². The number of fused-ring (bicyclic) bond motifs is 1. The molecule has 7 nitrogen and oxygen atoms in total. The smallest absolute Gasteiger partial charge is 0.264 e. The number of hydrogen-bond acceptors (Lipinski definition) is 6. The summed E-state index contributed by atoms with van der Waals surface area (Å²) in [6.07, 6.45) is -0.485. The van der Waals surface area contributed by atoms with E-state index in [2.05, 4.69) is 0 Å². The highest BCUT2D eigenvalue weighted by Crippen LogP contribution is 2.43. The Morgan fingerprint density at radius 1 is 0.974 bits per heavy atom. The van der Waals surface area contributed by atoms with Crippen LogP contribution in [-0.2, 0) is 10.4 Å². The van der Waals surface area contributed by atoms with Crippen LogP contribution in [0, 0.1) is 0 Å². The van der Waals surface area contributed by atoms with Crippen molar-refractivity contribution in [2.24, 2.45) is 0 Å². The first kappa shape index (κ1) is 25.9. The van der Waals surface area contributed by atoms with Gasteiger partial charge in [0.25, 0.3) is 5.91 Å². The van der Waals surface area contributed by atoms with Crippen molar-refractivity contribution >= 4 is 40.6 Å². The molecule has 0 fully saturated rings. The van der Waals surface area contributed by atoms with Crippen molar-refractivity contribution in [2.75, 3.05) is 25.2 Å². The number of ether oxygens (including phenoxy) is 2. The summed E-state index contributed by atoms with van der Waals surface area (Å²) < 4.78 is 16.9. The molecule has 0 saturated heterocycles. The van der Waals surface area contributed by atoms with Gasteiger partial charge in [-0.05, 0) is 48.5 Å². The fourth-order valence-electron chi connectivity index (χ4n) is 4.50. The molecule has 9 heteroatoms. The van der Waals surface area contributed by atoms with Crippen molar-refractivity contribution in [3.63, 3.8) is 0 Å². The number of halogens is 2. The molecule has 1 aromatic heterocycles. The van der Waals surface area contributed by atoms with Crippen LogP contribution < -0.4 is 14.4 Å². The number of aliphatic hydroxyl groups is 1. The average molecular weight is 552 g/mol. The van der Waals surface area contributed by atoms with Crippen LogP contribution in [0.3, 0.4) is 0 Å². The van der Waals surface area contributed by atoms with Gasteiger partial charge in [0.1, 0.15) is 12.4 Å². The zero-order chi connectivity index (χ0) is 26.9. The highest BCUT2D eigenvalue weighted by Gasteiger charge is 2.51. The number of nitrogens with zero attached hydrogens (tertiary/aromatic N) is 1. The third-order valence-electron chi connectivity index (χ3n) is 6.38. The van der Waals surface area contributed by atoms with Gasteiger partial charge in [0.2, 0.25) is 5.78 Å². The van der Waals surface area contributed by atoms with Gasteiger partial charge in [0.15, 0.2) is 22.9 Å². The Hall–Kier alpha value is -3.78. The maximum atomic E-state index is 13.5. The molecule has 194 valence electrons. The van der Waals surface area contributed by atoms with Gasteiger partial charge in [-0.15, -0.1) is 0 Å². The molecule has 3 aromatic carbocycles. The van der Waals surface area contributed by atoms with E-state index in [9.17, 15) is 14.7 Å². The van der Waals surface area contributed by atoms with Crippen LogP contribution in [0.4, 0.5) is 5.69 Å². The van der Waals surface area contributed by atoms with Gasteiger partial charge >= 0.3 is 0 Å². The summed E-state index contributed by atoms with van der Waals surface area (Å²) in [4.78, 5) is 28.1. The van der Waals surface area contributed by atoms with Gasteiger partial charge in [-0.25, -0.2) is 0 Å². The van der Waals surface area contributed by atoms with E-state index in [0.29, 0.717) is 44.1 Å². The van der Waals surface area contributed by atoms with Crippen molar-refractivity contribution in [3.05, 3.63) is 100 Å². The Morgan fingerprint density at radius 3 is 2.47 bits per heavy atom. The Balaban J connectivity index is 1.34. The number of anilines is 1. The number of ketones is 1. The number of Topliss-reactive ketones (excluding diaryl/α,β-unsaturated/α-hetero) is 1. The lowest BCUT2D eigenvalue weighted by atomic mass is 9.89. The van der Waals surface area contributed by atoms with E-state index < -0.39 is 23.7 Å². The summed E-state index contributed by atoms with van der Waals surface area (Å²) in [7, 11) is 1.55. The van der Waals surface area contributed by atoms with Gasteiger partial charge in [-0.1, -0.05) is 53.5 Å². The Labute approximate surface area is 229 Å². The van der Waals surface area contributed by atoms with Crippen molar-refractivity contribution in [1.29, 1.82) is 0 Å². The molecule has 1 atom stereocenters. The van der Waals surface area contributed by atoms with Crippen LogP contribution in [0.2, 0.25) is 10.0 Å². The fourth-order valence-corrected chi connectivity index (χ4v) is 4.79. The molecule has 0 radical (unpaired) electrons. The lowest BCUT2D eigenvalue weighted by Gasteiger charge is -2.22. The maximum absolute atomic E-state index is 13.5. The molecule has 4 aromatic rings. The van der Waals surface area contributed by atoms with E-state index in [0.717, 1.165) is 0 Å². The number of para-hydroxylation sites is 3. The van der Waals surface area contributed by atoms with E-state index in [1.807, 2.05) is 12.1 Å². The topological polar surface area (TPSA) is 89.2 Å². The number of carbonyl (C=O) groups is 2. The van der Waals surface area contributed by atoms with Crippen molar-refractivity contribution < 1.29 is 28.6 Å². The molecule has 0 bridgehead atoms. The summed E-state index contributed by atoms with van der Waals surface area (Å²) in [6.45, 7) is 0.308. The second-order valence-electron chi connectivity index (χ2n) is 8.73. The minimum Gasteiger partial charge on any atom is -0.493 e. The van der Waals surface area contributed by atoms with E-state index in [4.69, 9.17) is 37.1 Å². The average Bonchev–Trinajstić information content (AvgIpc) is 3.50. The second kappa shape index (κ2) is 10.5. The summed E-state index contributed by atoms with van der Waals surface area (Å²) in [5.41, 5.74) is -0.533. The van der Waals surface area contributed by atoms with Gasteiger partial charge < -0.3 is 23.9 Å². The molecule has 5 rings (SSSR count).